The maximum absolute atomic E-state index is 13.9. The molecule has 30 heavy (non-hydrogen) atoms. The molecule has 4 heterocycles. The van der Waals surface area contributed by atoms with Crippen molar-refractivity contribution in [3.05, 3.63) is 53.9 Å². The molecule has 2 aliphatic rings. The number of hydrogen-bond acceptors (Lipinski definition) is 5. The van der Waals surface area contributed by atoms with Crippen LogP contribution in [0.25, 0.3) is 10.9 Å². The Labute approximate surface area is 174 Å². The number of rotatable bonds is 5. The highest BCUT2D eigenvalue weighted by Crippen LogP contribution is 2.26. The molecule has 0 bridgehead atoms. The number of fused-ring (bicyclic) bond motifs is 2. The Hall–Kier alpha value is -3.00. The number of carbonyl (C=O) groups is 1. The molecule has 2 aromatic heterocycles. The lowest BCUT2D eigenvalue weighted by molar-refractivity contribution is 0.0951. The van der Waals surface area contributed by atoms with E-state index in [9.17, 15) is 9.18 Å². The van der Waals surface area contributed by atoms with Crippen LogP contribution in [-0.4, -0.2) is 58.1 Å². The first-order chi connectivity index (χ1) is 14.7. The zero-order valence-electron chi connectivity index (χ0n) is 16.9. The molecule has 0 saturated carbocycles. The molecule has 5 rings (SSSR count). The van der Waals surface area contributed by atoms with E-state index in [2.05, 4.69) is 24.7 Å². The summed E-state index contributed by atoms with van der Waals surface area (Å²) in [6, 6.07) is 6.20. The van der Waals surface area contributed by atoms with Crippen LogP contribution in [0.1, 0.15) is 29.0 Å². The molecular weight excluding hydrogens is 383 g/mol. The van der Waals surface area contributed by atoms with E-state index >= 15 is 0 Å². The predicted molar refractivity (Wildman–Crippen MR) is 113 cm³/mol. The smallest absolute Gasteiger partial charge is 0.252 e. The molecule has 0 atom stereocenters. The largest absolute Gasteiger partial charge is 0.351 e. The van der Waals surface area contributed by atoms with Gasteiger partial charge in [0.25, 0.3) is 5.91 Å². The second kappa shape index (κ2) is 8.02. The van der Waals surface area contributed by atoms with Gasteiger partial charge in [-0.3, -0.25) is 4.79 Å². The Bertz CT molecular complexity index is 1070. The van der Waals surface area contributed by atoms with Gasteiger partial charge in [0.2, 0.25) is 0 Å². The van der Waals surface area contributed by atoms with Crippen LogP contribution in [0.5, 0.6) is 0 Å². The minimum Gasteiger partial charge on any atom is -0.351 e. The van der Waals surface area contributed by atoms with Gasteiger partial charge in [-0.2, -0.15) is 0 Å². The number of anilines is 1. The number of nitrogens with one attached hydrogen (secondary N) is 1. The van der Waals surface area contributed by atoms with Gasteiger partial charge < -0.3 is 19.7 Å². The number of aromatic nitrogens is 3. The third kappa shape index (κ3) is 3.75. The van der Waals surface area contributed by atoms with Crippen molar-refractivity contribution in [3.8, 4) is 0 Å². The summed E-state index contributed by atoms with van der Waals surface area (Å²) >= 11 is 0. The van der Waals surface area contributed by atoms with Gasteiger partial charge in [-0.05, 0) is 50.2 Å². The number of benzene rings is 1. The Balaban J connectivity index is 1.42. The van der Waals surface area contributed by atoms with Crippen molar-refractivity contribution in [1.29, 1.82) is 0 Å². The number of amides is 1. The molecule has 0 unspecified atom stereocenters. The van der Waals surface area contributed by atoms with Gasteiger partial charge in [0.1, 0.15) is 17.5 Å². The van der Waals surface area contributed by atoms with Gasteiger partial charge >= 0.3 is 0 Å². The second-order valence-corrected chi connectivity index (χ2v) is 7.95. The fourth-order valence-corrected chi connectivity index (χ4v) is 4.33. The summed E-state index contributed by atoms with van der Waals surface area (Å²) in [5, 5.41) is 3.55. The number of nitrogens with zero attached hydrogens (tertiary/aromatic N) is 5. The van der Waals surface area contributed by atoms with E-state index in [4.69, 9.17) is 4.98 Å². The van der Waals surface area contributed by atoms with E-state index in [1.54, 1.807) is 18.3 Å². The van der Waals surface area contributed by atoms with Gasteiger partial charge in [0.05, 0.1) is 17.6 Å². The SMILES string of the molecule is O=C(NCCN1CCCC1)c1cc(N2CCn3ccnc3C2)nc2ccc(F)cc12. The Morgan fingerprint density at radius 3 is 2.87 bits per heavy atom. The lowest BCUT2D eigenvalue weighted by Gasteiger charge is -2.29. The summed E-state index contributed by atoms with van der Waals surface area (Å²) in [4.78, 5) is 26.6. The summed E-state index contributed by atoms with van der Waals surface area (Å²) in [5.41, 5.74) is 1.08. The molecule has 3 aromatic rings. The summed E-state index contributed by atoms with van der Waals surface area (Å²) in [7, 11) is 0. The molecule has 0 spiro atoms. The van der Waals surface area contributed by atoms with Gasteiger partial charge in [0.15, 0.2) is 0 Å². The van der Waals surface area contributed by atoms with Gasteiger partial charge in [-0.1, -0.05) is 0 Å². The molecule has 1 saturated heterocycles. The number of halogens is 1. The molecule has 0 aliphatic carbocycles. The van der Waals surface area contributed by atoms with Crippen molar-refractivity contribution in [2.75, 3.05) is 37.6 Å². The minimum absolute atomic E-state index is 0.188. The van der Waals surface area contributed by atoms with Crippen molar-refractivity contribution >= 4 is 22.6 Å². The van der Waals surface area contributed by atoms with Crippen LogP contribution >= 0.6 is 0 Å². The highest BCUT2D eigenvalue weighted by molar-refractivity contribution is 6.07. The van der Waals surface area contributed by atoms with Crippen molar-refractivity contribution in [3.63, 3.8) is 0 Å². The average Bonchev–Trinajstić information content (AvgIpc) is 3.44. The summed E-state index contributed by atoms with van der Waals surface area (Å²) < 4.78 is 16.1. The first kappa shape index (κ1) is 19.0. The maximum atomic E-state index is 13.9. The molecule has 2 aliphatic heterocycles. The van der Waals surface area contributed by atoms with Gasteiger partial charge in [0, 0.05) is 44.0 Å². The molecule has 8 heteroatoms. The third-order valence-corrected chi connectivity index (χ3v) is 5.98. The second-order valence-electron chi connectivity index (χ2n) is 7.95. The molecule has 1 N–H and O–H groups in total. The van der Waals surface area contributed by atoms with Gasteiger partial charge in [-0.15, -0.1) is 0 Å². The Morgan fingerprint density at radius 1 is 1.13 bits per heavy atom. The first-order valence-electron chi connectivity index (χ1n) is 10.5. The van der Waals surface area contributed by atoms with E-state index < -0.39 is 0 Å². The highest BCUT2D eigenvalue weighted by Gasteiger charge is 2.21. The molecule has 0 radical (unpaired) electrons. The Morgan fingerprint density at radius 2 is 2.00 bits per heavy atom. The average molecular weight is 408 g/mol. The van der Waals surface area contributed by atoms with E-state index in [0.717, 1.165) is 38.5 Å². The first-order valence-corrected chi connectivity index (χ1v) is 10.5. The van der Waals surface area contributed by atoms with Crippen LogP contribution in [0.4, 0.5) is 10.2 Å². The predicted octanol–water partition coefficient (Wildman–Crippen LogP) is 2.42. The molecule has 1 aromatic carbocycles. The molecular formula is C22H25FN6O. The maximum Gasteiger partial charge on any atom is 0.252 e. The monoisotopic (exact) mass is 408 g/mol. The number of carbonyl (C=O) groups excluding carboxylic acids is 1. The van der Waals surface area contributed by atoms with Crippen molar-refractivity contribution < 1.29 is 9.18 Å². The van der Waals surface area contributed by atoms with E-state index in [1.807, 2.05) is 6.20 Å². The lowest BCUT2D eigenvalue weighted by atomic mass is 10.1. The lowest BCUT2D eigenvalue weighted by Crippen LogP contribution is -2.35. The van der Waals surface area contributed by atoms with Crippen LogP contribution < -0.4 is 10.2 Å². The van der Waals surface area contributed by atoms with Crippen molar-refractivity contribution in [2.45, 2.75) is 25.9 Å². The normalized spacial score (nSPS) is 16.8. The van der Waals surface area contributed by atoms with Crippen LogP contribution in [0.15, 0.2) is 36.7 Å². The van der Waals surface area contributed by atoms with Crippen LogP contribution in [0.3, 0.4) is 0 Å². The highest BCUT2D eigenvalue weighted by atomic mass is 19.1. The van der Waals surface area contributed by atoms with Crippen molar-refractivity contribution in [1.82, 2.24) is 24.8 Å². The fraction of sp³-hybridized carbons (Fsp3) is 0.409. The molecule has 1 fully saturated rings. The zero-order chi connectivity index (χ0) is 20.5. The molecule has 156 valence electrons. The van der Waals surface area contributed by atoms with E-state index in [-0.39, 0.29) is 11.7 Å². The van der Waals surface area contributed by atoms with Gasteiger partial charge in [-0.25, -0.2) is 14.4 Å². The number of hydrogen-bond donors (Lipinski definition) is 1. The zero-order valence-corrected chi connectivity index (χ0v) is 16.9. The summed E-state index contributed by atoms with van der Waals surface area (Å²) in [6.07, 6.45) is 6.22. The summed E-state index contributed by atoms with van der Waals surface area (Å²) in [6.45, 7) is 5.82. The Kier molecular flexibility index (Phi) is 5.08. The molecule has 7 nitrogen and oxygen atoms in total. The van der Waals surface area contributed by atoms with E-state index in [1.165, 1.54) is 25.0 Å². The quantitative estimate of drug-likeness (QED) is 0.702. The minimum atomic E-state index is -0.372. The van der Waals surface area contributed by atoms with Crippen LogP contribution in [0, 0.1) is 5.82 Å². The number of likely N-dealkylation sites (tertiary alicyclic amines) is 1. The van der Waals surface area contributed by atoms with Crippen molar-refractivity contribution in [2.24, 2.45) is 0 Å². The number of pyridine rings is 1. The summed E-state index contributed by atoms with van der Waals surface area (Å²) in [5.74, 6) is 1.13. The van der Waals surface area contributed by atoms with Crippen LogP contribution in [0.2, 0.25) is 0 Å². The fourth-order valence-electron chi connectivity index (χ4n) is 4.33. The third-order valence-electron chi connectivity index (χ3n) is 5.98. The van der Waals surface area contributed by atoms with E-state index in [0.29, 0.717) is 35.4 Å². The number of imidazole rings is 1. The molecule has 1 amide bonds. The standard InChI is InChI=1S/C22H25FN6O/c23-16-3-4-19-17(13-16)18(22(30)25-5-9-27-7-1-2-8-27)14-20(26-19)29-12-11-28-10-6-24-21(28)15-29/h3-4,6,10,13-14H,1-2,5,7-9,11-12,15H2,(H,25,30). The topological polar surface area (TPSA) is 66.3 Å². The van der Waals surface area contributed by atoms with Crippen LogP contribution in [-0.2, 0) is 13.1 Å².